The summed E-state index contributed by atoms with van der Waals surface area (Å²) in [5.41, 5.74) is 0.592. The standard InChI is InChI=1S/C17H25NO3/c1-12(2)13-7-6-8-14(9-13)17(20)10-18(11-17)15(19)21-16(3,4)5/h6-9,12,20H,10-11H2,1-5H3. The van der Waals surface area contributed by atoms with Gasteiger partial charge in [0.05, 0.1) is 13.1 Å². The Morgan fingerprint density at radius 1 is 1.33 bits per heavy atom. The highest BCUT2D eigenvalue weighted by atomic mass is 16.6. The van der Waals surface area contributed by atoms with Crippen molar-refractivity contribution in [1.82, 2.24) is 4.90 Å². The van der Waals surface area contributed by atoms with Gasteiger partial charge in [-0.05, 0) is 37.8 Å². The van der Waals surface area contributed by atoms with Crippen LogP contribution in [0.3, 0.4) is 0 Å². The normalized spacial score (nSPS) is 17.6. The van der Waals surface area contributed by atoms with Crippen molar-refractivity contribution in [3.05, 3.63) is 35.4 Å². The van der Waals surface area contributed by atoms with Crippen LogP contribution in [0.1, 0.15) is 51.7 Å². The summed E-state index contributed by atoms with van der Waals surface area (Å²) < 4.78 is 5.31. The first kappa shape index (κ1) is 15.8. The minimum atomic E-state index is -0.957. The van der Waals surface area contributed by atoms with Gasteiger partial charge in [-0.1, -0.05) is 38.1 Å². The first-order chi connectivity index (χ1) is 9.61. The number of benzene rings is 1. The predicted octanol–water partition coefficient (Wildman–Crippen LogP) is 3.25. The van der Waals surface area contributed by atoms with Gasteiger partial charge in [-0.3, -0.25) is 0 Å². The second-order valence-corrected chi connectivity index (χ2v) is 7.15. The number of aliphatic hydroxyl groups is 1. The molecule has 0 bridgehead atoms. The molecule has 1 aliphatic heterocycles. The minimum Gasteiger partial charge on any atom is -0.444 e. The highest BCUT2D eigenvalue weighted by Gasteiger charge is 2.46. The molecule has 1 aromatic carbocycles. The Balaban J connectivity index is 2.04. The topological polar surface area (TPSA) is 49.8 Å². The molecule has 1 heterocycles. The highest BCUT2D eigenvalue weighted by Crippen LogP contribution is 2.34. The Labute approximate surface area is 126 Å². The summed E-state index contributed by atoms with van der Waals surface area (Å²) >= 11 is 0. The zero-order valence-electron chi connectivity index (χ0n) is 13.5. The van der Waals surface area contributed by atoms with Crippen LogP contribution in [0.4, 0.5) is 4.79 Å². The van der Waals surface area contributed by atoms with E-state index in [4.69, 9.17) is 4.74 Å². The maximum Gasteiger partial charge on any atom is 0.410 e. The second-order valence-electron chi connectivity index (χ2n) is 7.15. The molecule has 0 radical (unpaired) electrons. The summed E-state index contributed by atoms with van der Waals surface area (Å²) in [6, 6.07) is 7.95. The lowest BCUT2D eigenvalue weighted by Gasteiger charge is -2.46. The second kappa shape index (κ2) is 5.34. The molecule has 0 saturated carbocycles. The van der Waals surface area contributed by atoms with E-state index < -0.39 is 11.2 Å². The maximum absolute atomic E-state index is 11.9. The van der Waals surface area contributed by atoms with Crippen molar-refractivity contribution in [2.75, 3.05) is 13.1 Å². The zero-order chi connectivity index (χ0) is 15.8. The molecule has 0 unspecified atom stereocenters. The molecule has 1 amide bonds. The lowest BCUT2D eigenvalue weighted by molar-refractivity contribution is -0.103. The van der Waals surface area contributed by atoms with Gasteiger partial charge in [0.1, 0.15) is 11.2 Å². The Hall–Kier alpha value is -1.55. The molecule has 0 atom stereocenters. The number of carbonyl (C=O) groups excluding carboxylic acids is 1. The summed E-state index contributed by atoms with van der Waals surface area (Å²) in [5, 5.41) is 10.7. The zero-order valence-corrected chi connectivity index (χ0v) is 13.5. The lowest BCUT2D eigenvalue weighted by Crippen LogP contribution is -2.61. The number of β-amino-alcohol motifs (C(OH)–C–C–N with tert-alkyl or cyclic N) is 1. The van der Waals surface area contributed by atoms with Gasteiger partial charge in [-0.25, -0.2) is 4.79 Å². The molecule has 0 spiro atoms. The third-order valence-corrected chi connectivity index (χ3v) is 3.65. The van der Waals surface area contributed by atoms with E-state index in [0.29, 0.717) is 5.92 Å². The molecule has 0 aliphatic carbocycles. The van der Waals surface area contributed by atoms with Gasteiger partial charge in [-0.15, -0.1) is 0 Å². The molecular formula is C17H25NO3. The molecule has 0 aromatic heterocycles. The number of likely N-dealkylation sites (tertiary alicyclic amines) is 1. The molecule has 1 N–H and O–H groups in total. The largest absolute Gasteiger partial charge is 0.444 e. The average molecular weight is 291 g/mol. The van der Waals surface area contributed by atoms with E-state index in [-0.39, 0.29) is 19.2 Å². The SMILES string of the molecule is CC(C)c1cccc(C2(O)CN(C(=O)OC(C)(C)C)C2)c1. The lowest BCUT2D eigenvalue weighted by atomic mass is 9.84. The Morgan fingerprint density at radius 2 is 1.95 bits per heavy atom. The number of amides is 1. The van der Waals surface area contributed by atoms with Crippen LogP contribution in [0, 0.1) is 0 Å². The van der Waals surface area contributed by atoms with Crippen LogP contribution < -0.4 is 0 Å². The van der Waals surface area contributed by atoms with Crippen molar-refractivity contribution < 1.29 is 14.6 Å². The first-order valence-corrected chi connectivity index (χ1v) is 7.41. The number of hydrogen-bond acceptors (Lipinski definition) is 3. The number of hydrogen-bond donors (Lipinski definition) is 1. The number of ether oxygens (including phenoxy) is 1. The van der Waals surface area contributed by atoms with Crippen LogP contribution in [0.2, 0.25) is 0 Å². The van der Waals surface area contributed by atoms with Crippen LogP contribution in [-0.4, -0.2) is 34.8 Å². The molecule has 4 heteroatoms. The molecular weight excluding hydrogens is 266 g/mol. The fourth-order valence-electron chi connectivity index (χ4n) is 2.41. The third kappa shape index (κ3) is 3.56. The van der Waals surface area contributed by atoms with Crippen molar-refractivity contribution in [3.8, 4) is 0 Å². The van der Waals surface area contributed by atoms with E-state index in [0.717, 1.165) is 5.56 Å². The van der Waals surface area contributed by atoms with Crippen molar-refractivity contribution >= 4 is 6.09 Å². The summed E-state index contributed by atoms with van der Waals surface area (Å²) in [4.78, 5) is 13.5. The number of nitrogens with zero attached hydrogens (tertiary/aromatic N) is 1. The van der Waals surface area contributed by atoms with Crippen molar-refractivity contribution in [2.45, 2.75) is 51.7 Å². The maximum atomic E-state index is 11.9. The van der Waals surface area contributed by atoms with E-state index in [1.54, 1.807) is 0 Å². The van der Waals surface area contributed by atoms with Gasteiger partial charge in [0, 0.05) is 0 Å². The van der Waals surface area contributed by atoms with E-state index in [1.165, 1.54) is 10.5 Å². The van der Waals surface area contributed by atoms with Gasteiger partial charge < -0.3 is 14.7 Å². The average Bonchev–Trinajstić information content (AvgIpc) is 2.33. The molecule has 116 valence electrons. The van der Waals surface area contributed by atoms with Gasteiger partial charge >= 0.3 is 6.09 Å². The van der Waals surface area contributed by atoms with E-state index in [9.17, 15) is 9.90 Å². The van der Waals surface area contributed by atoms with E-state index >= 15 is 0 Å². The highest BCUT2D eigenvalue weighted by molar-refractivity contribution is 5.70. The van der Waals surface area contributed by atoms with Gasteiger partial charge in [-0.2, -0.15) is 0 Å². The summed E-state index contributed by atoms with van der Waals surface area (Å²) in [5.74, 6) is 0.413. The molecule has 1 aromatic rings. The Bertz CT molecular complexity index is 525. The van der Waals surface area contributed by atoms with Crippen molar-refractivity contribution in [2.24, 2.45) is 0 Å². The molecule has 2 rings (SSSR count). The molecule has 1 saturated heterocycles. The number of carbonyl (C=O) groups is 1. The molecule has 4 nitrogen and oxygen atoms in total. The minimum absolute atomic E-state index is 0.281. The first-order valence-electron chi connectivity index (χ1n) is 7.41. The van der Waals surface area contributed by atoms with Crippen molar-refractivity contribution in [3.63, 3.8) is 0 Å². The fourth-order valence-corrected chi connectivity index (χ4v) is 2.41. The van der Waals surface area contributed by atoms with Crippen LogP contribution in [0.5, 0.6) is 0 Å². The van der Waals surface area contributed by atoms with Gasteiger partial charge in [0.2, 0.25) is 0 Å². The van der Waals surface area contributed by atoms with E-state index in [2.05, 4.69) is 19.9 Å². The van der Waals surface area contributed by atoms with Crippen LogP contribution in [-0.2, 0) is 10.3 Å². The smallest absolute Gasteiger partial charge is 0.410 e. The number of rotatable bonds is 2. The van der Waals surface area contributed by atoms with Gasteiger partial charge in [0.25, 0.3) is 0 Å². The van der Waals surface area contributed by atoms with E-state index in [1.807, 2.05) is 39.0 Å². The summed E-state index contributed by atoms with van der Waals surface area (Å²) in [7, 11) is 0. The van der Waals surface area contributed by atoms with Gasteiger partial charge in [0.15, 0.2) is 0 Å². The quantitative estimate of drug-likeness (QED) is 0.910. The fraction of sp³-hybridized carbons (Fsp3) is 0.588. The Kier molecular flexibility index (Phi) is 4.02. The molecule has 1 fully saturated rings. The molecule has 21 heavy (non-hydrogen) atoms. The Morgan fingerprint density at radius 3 is 2.48 bits per heavy atom. The third-order valence-electron chi connectivity index (χ3n) is 3.65. The molecule has 1 aliphatic rings. The van der Waals surface area contributed by atoms with Crippen LogP contribution >= 0.6 is 0 Å². The summed E-state index contributed by atoms with van der Waals surface area (Å²) in [6.45, 7) is 10.3. The summed E-state index contributed by atoms with van der Waals surface area (Å²) in [6.07, 6.45) is -0.368. The monoisotopic (exact) mass is 291 g/mol. The van der Waals surface area contributed by atoms with Crippen molar-refractivity contribution in [1.29, 1.82) is 0 Å². The predicted molar refractivity (Wildman–Crippen MR) is 82.2 cm³/mol. The van der Waals surface area contributed by atoms with Crippen LogP contribution in [0.25, 0.3) is 0 Å². The van der Waals surface area contributed by atoms with Crippen LogP contribution in [0.15, 0.2) is 24.3 Å².